The smallest absolute Gasteiger partial charge is 0.326 e. The number of carboxylic acids is 1. The van der Waals surface area contributed by atoms with Crippen LogP contribution in [0.15, 0.2) is 4.99 Å². The topological polar surface area (TPSA) is 249 Å². The molecule has 0 bridgehead atoms. The van der Waals surface area contributed by atoms with Crippen molar-refractivity contribution in [1.29, 1.82) is 0 Å². The molecule has 1 heterocycles. The third-order valence-electron chi connectivity index (χ3n) is 5.93. The number of carboxylic acid groups (broad SMARTS) is 1. The van der Waals surface area contributed by atoms with E-state index in [1.807, 2.05) is 6.92 Å². The molecule has 1 aliphatic heterocycles. The molecule has 0 aromatic carbocycles. The van der Waals surface area contributed by atoms with E-state index in [-0.39, 0.29) is 31.4 Å². The first-order valence-corrected chi connectivity index (χ1v) is 11.6. The molecule has 0 spiro atoms. The SMILES string of the molecule is CCC(C)C(NC(=O)C(N)CC(N)=O)C(=O)NC(CCCN=C(N)N)C(=O)N1CCCC1C(=O)O. The molecule has 0 radical (unpaired) electrons. The molecule has 5 atom stereocenters. The largest absolute Gasteiger partial charge is 0.480 e. The highest BCUT2D eigenvalue weighted by atomic mass is 16.4. The zero-order valence-corrected chi connectivity index (χ0v) is 20.2. The van der Waals surface area contributed by atoms with Gasteiger partial charge in [-0.1, -0.05) is 20.3 Å². The Kier molecular flexibility index (Phi) is 11.9. The number of hydrogen-bond acceptors (Lipinski definition) is 7. The first kappa shape index (κ1) is 29.6. The molecule has 1 rings (SSSR count). The molecule has 0 aromatic heterocycles. The molecule has 0 saturated carbocycles. The van der Waals surface area contributed by atoms with E-state index in [2.05, 4.69) is 15.6 Å². The summed E-state index contributed by atoms with van der Waals surface area (Å²) in [7, 11) is 0. The van der Waals surface area contributed by atoms with Gasteiger partial charge in [0.1, 0.15) is 18.1 Å². The molecule has 4 amide bonds. The van der Waals surface area contributed by atoms with E-state index in [4.69, 9.17) is 22.9 Å². The number of primary amides is 1. The van der Waals surface area contributed by atoms with Gasteiger partial charge in [-0.3, -0.25) is 24.2 Å². The van der Waals surface area contributed by atoms with Crippen molar-refractivity contribution in [3.63, 3.8) is 0 Å². The summed E-state index contributed by atoms with van der Waals surface area (Å²) >= 11 is 0. The fraction of sp³-hybridized carbons (Fsp3) is 0.714. The molecule has 14 nitrogen and oxygen atoms in total. The number of carbonyl (C=O) groups is 5. The minimum Gasteiger partial charge on any atom is -0.480 e. The maximum atomic E-state index is 13.2. The number of likely N-dealkylation sites (tertiary alicyclic amines) is 1. The highest BCUT2D eigenvalue weighted by molar-refractivity contribution is 5.95. The molecule has 11 N–H and O–H groups in total. The van der Waals surface area contributed by atoms with Gasteiger partial charge in [0.25, 0.3) is 0 Å². The summed E-state index contributed by atoms with van der Waals surface area (Å²) in [6, 6.07) is -4.31. The van der Waals surface area contributed by atoms with Crippen molar-refractivity contribution in [2.45, 2.75) is 76.5 Å². The summed E-state index contributed by atoms with van der Waals surface area (Å²) < 4.78 is 0. The number of guanidine groups is 1. The third kappa shape index (κ3) is 9.39. The zero-order valence-electron chi connectivity index (χ0n) is 20.2. The normalized spacial score (nSPS) is 18.6. The van der Waals surface area contributed by atoms with Crippen LogP contribution >= 0.6 is 0 Å². The van der Waals surface area contributed by atoms with Crippen LogP contribution < -0.4 is 33.6 Å². The predicted octanol–water partition coefficient (Wildman–Crippen LogP) is -2.67. The van der Waals surface area contributed by atoms with Crippen molar-refractivity contribution in [3.8, 4) is 0 Å². The second-order valence-electron chi connectivity index (χ2n) is 8.69. The summed E-state index contributed by atoms with van der Waals surface area (Å²) in [6.07, 6.45) is 1.45. The summed E-state index contributed by atoms with van der Waals surface area (Å²) in [5.41, 5.74) is 21.4. The van der Waals surface area contributed by atoms with Crippen molar-refractivity contribution in [1.82, 2.24) is 15.5 Å². The van der Waals surface area contributed by atoms with Gasteiger partial charge in [0.15, 0.2) is 5.96 Å². The first-order chi connectivity index (χ1) is 16.4. The third-order valence-corrected chi connectivity index (χ3v) is 5.93. The Hall–Kier alpha value is -3.42. The van der Waals surface area contributed by atoms with Crippen LogP contribution in [0.4, 0.5) is 0 Å². The Morgan fingerprint density at radius 2 is 1.77 bits per heavy atom. The molecular weight excluding hydrogens is 460 g/mol. The van der Waals surface area contributed by atoms with E-state index < -0.39 is 60.2 Å². The van der Waals surface area contributed by atoms with Crippen LogP contribution in [0.3, 0.4) is 0 Å². The van der Waals surface area contributed by atoms with Gasteiger partial charge in [-0.2, -0.15) is 0 Å². The fourth-order valence-corrected chi connectivity index (χ4v) is 3.78. The van der Waals surface area contributed by atoms with Crippen LogP contribution in [0, 0.1) is 5.92 Å². The van der Waals surface area contributed by atoms with Gasteiger partial charge in [-0.05, 0) is 31.6 Å². The molecule has 14 heteroatoms. The number of carbonyl (C=O) groups excluding carboxylic acids is 4. The lowest BCUT2D eigenvalue weighted by molar-refractivity contribution is -0.149. The maximum Gasteiger partial charge on any atom is 0.326 e. The Labute approximate surface area is 204 Å². The highest BCUT2D eigenvalue weighted by Crippen LogP contribution is 2.20. The van der Waals surface area contributed by atoms with Crippen molar-refractivity contribution < 1.29 is 29.1 Å². The van der Waals surface area contributed by atoms with Crippen molar-refractivity contribution >= 4 is 35.6 Å². The zero-order chi connectivity index (χ0) is 26.7. The lowest BCUT2D eigenvalue weighted by Crippen LogP contribution is -2.58. The summed E-state index contributed by atoms with van der Waals surface area (Å²) in [5.74, 6) is -4.23. The molecule has 0 aromatic rings. The van der Waals surface area contributed by atoms with Crippen molar-refractivity contribution in [3.05, 3.63) is 0 Å². The highest BCUT2D eigenvalue weighted by Gasteiger charge is 2.38. The summed E-state index contributed by atoms with van der Waals surface area (Å²) in [6.45, 7) is 4.02. The quantitative estimate of drug-likeness (QED) is 0.0748. The minimum absolute atomic E-state index is 0.116. The lowest BCUT2D eigenvalue weighted by atomic mass is 9.97. The second-order valence-corrected chi connectivity index (χ2v) is 8.69. The van der Waals surface area contributed by atoms with E-state index in [1.54, 1.807) is 6.92 Å². The van der Waals surface area contributed by atoms with Crippen LogP contribution in [-0.2, 0) is 24.0 Å². The standard InChI is InChI=1S/C21H38N8O6/c1-3-11(2)16(28-17(31)12(22)10-15(23)30)18(32)27-13(6-4-8-26-21(24)25)19(33)29-9-5-7-14(29)20(34)35/h11-14,16H,3-10,22H2,1-2H3,(H2,23,30)(H,27,32)(H,28,31)(H,34,35)(H4,24,25,26). The number of nitrogens with one attached hydrogen (secondary N) is 2. The Bertz CT molecular complexity index is 816. The lowest BCUT2D eigenvalue weighted by Gasteiger charge is -2.30. The number of amides is 4. The van der Waals surface area contributed by atoms with Gasteiger partial charge in [-0.15, -0.1) is 0 Å². The molecule has 1 fully saturated rings. The number of rotatable bonds is 14. The van der Waals surface area contributed by atoms with E-state index in [0.717, 1.165) is 0 Å². The summed E-state index contributed by atoms with van der Waals surface area (Å²) in [4.78, 5) is 66.6. The Morgan fingerprint density at radius 1 is 1.11 bits per heavy atom. The van der Waals surface area contributed by atoms with Crippen LogP contribution in [0.2, 0.25) is 0 Å². The number of hydrogen-bond donors (Lipinski definition) is 7. The van der Waals surface area contributed by atoms with Crippen LogP contribution in [-0.4, -0.2) is 82.8 Å². The maximum absolute atomic E-state index is 13.2. The van der Waals surface area contributed by atoms with E-state index in [9.17, 15) is 29.1 Å². The van der Waals surface area contributed by atoms with Crippen molar-refractivity contribution in [2.24, 2.45) is 33.8 Å². The van der Waals surface area contributed by atoms with Crippen LogP contribution in [0.25, 0.3) is 0 Å². The number of aliphatic carboxylic acids is 1. The van der Waals surface area contributed by atoms with Gasteiger partial charge in [0.2, 0.25) is 23.6 Å². The fourth-order valence-electron chi connectivity index (χ4n) is 3.78. The van der Waals surface area contributed by atoms with Gasteiger partial charge in [0.05, 0.1) is 12.5 Å². The van der Waals surface area contributed by atoms with Gasteiger partial charge < -0.3 is 43.6 Å². The molecule has 1 saturated heterocycles. The molecular formula is C21H38N8O6. The van der Waals surface area contributed by atoms with E-state index >= 15 is 0 Å². The second kappa shape index (κ2) is 14.1. The van der Waals surface area contributed by atoms with E-state index in [1.165, 1.54) is 4.90 Å². The Balaban J connectivity index is 3.06. The molecule has 1 aliphatic rings. The number of nitrogens with two attached hydrogens (primary N) is 4. The van der Waals surface area contributed by atoms with Crippen molar-refractivity contribution in [2.75, 3.05) is 13.1 Å². The first-order valence-electron chi connectivity index (χ1n) is 11.6. The minimum atomic E-state index is -1.23. The monoisotopic (exact) mass is 498 g/mol. The molecule has 198 valence electrons. The van der Waals surface area contributed by atoms with Gasteiger partial charge in [-0.25, -0.2) is 4.79 Å². The average molecular weight is 499 g/mol. The molecule has 0 aliphatic carbocycles. The van der Waals surface area contributed by atoms with Gasteiger partial charge >= 0.3 is 5.97 Å². The molecule has 5 unspecified atom stereocenters. The number of aliphatic imine (C=N–C) groups is 1. The van der Waals surface area contributed by atoms with Crippen LogP contribution in [0.1, 0.15) is 52.4 Å². The van der Waals surface area contributed by atoms with Crippen LogP contribution in [0.5, 0.6) is 0 Å². The predicted molar refractivity (Wildman–Crippen MR) is 127 cm³/mol. The average Bonchev–Trinajstić information content (AvgIpc) is 3.27. The Morgan fingerprint density at radius 3 is 2.31 bits per heavy atom. The van der Waals surface area contributed by atoms with Gasteiger partial charge in [0, 0.05) is 13.1 Å². The number of nitrogens with zero attached hydrogens (tertiary/aromatic N) is 2. The molecule has 35 heavy (non-hydrogen) atoms. The van der Waals surface area contributed by atoms with E-state index in [0.29, 0.717) is 25.7 Å². The summed E-state index contributed by atoms with van der Waals surface area (Å²) in [5, 5.41) is 14.7.